The number of hydrogen-bond donors (Lipinski definition) is 1. The molecule has 4 heteroatoms. The summed E-state index contributed by atoms with van der Waals surface area (Å²) in [6.07, 6.45) is 1.09. The third-order valence-corrected chi connectivity index (χ3v) is 4.06. The van der Waals surface area contributed by atoms with Crippen molar-refractivity contribution in [2.45, 2.75) is 19.4 Å². The fraction of sp³-hybridized carbons (Fsp3) is 0.571. The normalized spacial score (nSPS) is 20.9. The second kappa shape index (κ2) is 7.31. The zero-order valence-corrected chi connectivity index (χ0v) is 13.0. The van der Waals surface area contributed by atoms with Gasteiger partial charge in [-0.25, -0.2) is 0 Å². The van der Waals surface area contributed by atoms with E-state index in [1.54, 1.807) is 0 Å². The zero-order chi connectivity index (χ0) is 12.8. The van der Waals surface area contributed by atoms with Gasteiger partial charge in [-0.1, -0.05) is 12.1 Å². The molecule has 1 fully saturated rings. The second-order valence-electron chi connectivity index (χ2n) is 4.79. The Labute approximate surface area is 123 Å². The number of nitrogens with zero attached hydrogens (tertiary/aromatic N) is 1. The van der Waals surface area contributed by atoms with Gasteiger partial charge in [0.25, 0.3) is 0 Å². The quantitative estimate of drug-likeness (QED) is 0.645. The summed E-state index contributed by atoms with van der Waals surface area (Å²) in [5, 5.41) is 3.46. The lowest BCUT2D eigenvalue weighted by Gasteiger charge is -2.31. The van der Waals surface area contributed by atoms with Crippen molar-refractivity contribution in [2.24, 2.45) is 0 Å². The molecule has 0 aromatic heterocycles. The van der Waals surface area contributed by atoms with Crippen molar-refractivity contribution in [3.05, 3.63) is 27.8 Å². The average Bonchev–Trinajstić information content (AvgIpc) is 2.37. The Balaban J connectivity index is 1.65. The molecule has 1 aromatic carbocycles. The van der Waals surface area contributed by atoms with Crippen molar-refractivity contribution in [1.82, 2.24) is 10.2 Å². The summed E-state index contributed by atoms with van der Waals surface area (Å²) in [5.41, 5.74) is 0. The van der Waals surface area contributed by atoms with Crippen LogP contribution in [0.4, 0.5) is 0 Å². The molecule has 1 aliphatic rings. The highest BCUT2D eigenvalue weighted by molar-refractivity contribution is 14.1. The lowest BCUT2D eigenvalue weighted by Crippen LogP contribution is -2.49. The maximum Gasteiger partial charge on any atom is 0.132 e. The van der Waals surface area contributed by atoms with Crippen molar-refractivity contribution < 1.29 is 4.74 Å². The van der Waals surface area contributed by atoms with E-state index in [2.05, 4.69) is 45.8 Å². The molecule has 0 aliphatic carbocycles. The van der Waals surface area contributed by atoms with E-state index in [4.69, 9.17) is 4.74 Å². The smallest absolute Gasteiger partial charge is 0.132 e. The molecule has 0 spiro atoms. The lowest BCUT2D eigenvalue weighted by molar-refractivity contribution is 0.189. The van der Waals surface area contributed by atoms with Gasteiger partial charge in [-0.2, -0.15) is 0 Å². The van der Waals surface area contributed by atoms with Gasteiger partial charge in [0.1, 0.15) is 5.75 Å². The molecule has 0 bridgehead atoms. The topological polar surface area (TPSA) is 24.5 Å². The number of ether oxygens (including phenoxy) is 1. The van der Waals surface area contributed by atoms with Crippen molar-refractivity contribution >= 4 is 22.6 Å². The Bertz CT molecular complexity index is 373. The van der Waals surface area contributed by atoms with E-state index in [1.165, 1.54) is 3.57 Å². The van der Waals surface area contributed by atoms with Crippen LogP contribution >= 0.6 is 22.6 Å². The molecular weight excluding hydrogens is 339 g/mol. The van der Waals surface area contributed by atoms with Crippen LogP contribution in [0.15, 0.2) is 24.3 Å². The van der Waals surface area contributed by atoms with Gasteiger partial charge in [0.15, 0.2) is 0 Å². The van der Waals surface area contributed by atoms with Gasteiger partial charge in [0.05, 0.1) is 10.2 Å². The largest absolute Gasteiger partial charge is 0.492 e. The first kappa shape index (κ1) is 14.1. The molecule has 0 unspecified atom stereocenters. The third-order valence-electron chi connectivity index (χ3n) is 3.17. The lowest BCUT2D eigenvalue weighted by atomic mass is 10.2. The Kier molecular flexibility index (Phi) is 5.72. The average molecular weight is 360 g/mol. The summed E-state index contributed by atoms with van der Waals surface area (Å²) in [7, 11) is 0. The Morgan fingerprint density at radius 3 is 3.06 bits per heavy atom. The minimum absolute atomic E-state index is 0.620. The van der Waals surface area contributed by atoms with E-state index in [0.29, 0.717) is 6.04 Å². The van der Waals surface area contributed by atoms with Crippen LogP contribution in [0.25, 0.3) is 0 Å². The van der Waals surface area contributed by atoms with Crippen LogP contribution in [0, 0.1) is 3.57 Å². The van der Waals surface area contributed by atoms with Gasteiger partial charge in [-0.15, -0.1) is 0 Å². The Morgan fingerprint density at radius 1 is 1.44 bits per heavy atom. The zero-order valence-electron chi connectivity index (χ0n) is 10.9. The molecule has 0 radical (unpaired) electrons. The van der Waals surface area contributed by atoms with Gasteiger partial charge in [0, 0.05) is 32.2 Å². The highest BCUT2D eigenvalue weighted by Gasteiger charge is 2.14. The molecule has 100 valence electrons. The highest BCUT2D eigenvalue weighted by Crippen LogP contribution is 2.19. The number of para-hydroxylation sites is 1. The monoisotopic (exact) mass is 360 g/mol. The van der Waals surface area contributed by atoms with Gasteiger partial charge in [-0.05, 0) is 48.1 Å². The predicted molar refractivity (Wildman–Crippen MR) is 83.2 cm³/mol. The van der Waals surface area contributed by atoms with Crippen molar-refractivity contribution in [2.75, 3.05) is 32.8 Å². The maximum atomic E-state index is 5.80. The Hall–Kier alpha value is -0.330. The van der Waals surface area contributed by atoms with E-state index in [1.807, 2.05) is 18.2 Å². The Morgan fingerprint density at radius 2 is 2.28 bits per heavy atom. The molecule has 0 saturated carbocycles. The van der Waals surface area contributed by atoms with Crippen LogP contribution in [-0.2, 0) is 0 Å². The van der Waals surface area contributed by atoms with Crippen LogP contribution < -0.4 is 10.1 Å². The van der Waals surface area contributed by atoms with E-state index < -0.39 is 0 Å². The van der Waals surface area contributed by atoms with Crippen molar-refractivity contribution in [3.63, 3.8) is 0 Å². The van der Waals surface area contributed by atoms with E-state index in [-0.39, 0.29) is 0 Å². The molecule has 2 rings (SSSR count). The van der Waals surface area contributed by atoms with E-state index in [9.17, 15) is 0 Å². The van der Waals surface area contributed by atoms with Crippen molar-refractivity contribution in [3.8, 4) is 5.75 Å². The molecule has 18 heavy (non-hydrogen) atoms. The van der Waals surface area contributed by atoms with E-state index in [0.717, 1.165) is 45.0 Å². The number of rotatable bonds is 5. The number of hydrogen-bond acceptors (Lipinski definition) is 3. The van der Waals surface area contributed by atoms with Crippen LogP contribution in [0.2, 0.25) is 0 Å². The number of nitrogens with one attached hydrogen (secondary N) is 1. The molecule has 1 aromatic rings. The molecule has 3 nitrogen and oxygen atoms in total. The summed E-state index contributed by atoms with van der Waals surface area (Å²) >= 11 is 2.31. The maximum absolute atomic E-state index is 5.80. The van der Waals surface area contributed by atoms with Gasteiger partial charge >= 0.3 is 0 Å². The first-order chi connectivity index (χ1) is 8.75. The molecule has 1 atom stereocenters. The van der Waals surface area contributed by atoms with Gasteiger partial charge < -0.3 is 15.0 Å². The molecule has 1 heterocycles. The summed E-state index contributed by atoms with van der Waals surface area (Å²) in [6.45, 7) is 7.61. The summed E-state index contributed by atoms with van der Waals surface area (Å²) in [5.74, 6) is 1.01. The van der Waals surface area contributed by atoms with Gasteiger partial charge in [-0.3, -0.25) is 0 Å². The molecule has 1 saturated heterocycles. The standard InChI is InChI=1S/C14H21IN2O/c1-12-11-17(9-7-16-12)8-4-10-18-14-6-3-2-5-13(14)15/h2-3,5-6,12,16H,4,7-11H2,1H3/t12-/m1/s1. The summed E-state index contributed by atoms with van der Waals surface area (Å²) in [4.78, 5) is 2.51. The van der Waals surface area contributed by atoms with Crippen LogP contribution in [-0.4, -0.2) is 43.7 Å². The molecular formula is C14H21IN2O. The number of piperazine rings is 1. The minimum atomic E-state index is 0.620. The molecule has 1 N–H and O–H groups in total. The summed E-state index contributed by atoms with van der Waals surface area (Å²) in [6, 6.07) is 8.80. The minimum Gasteiger partial charge on any atom is -0.492 e. The SMILES string of the molecule is C[C@@H]1CN(CCCOc2ccccc2I)CCN1. The summed E-state index contributed by atoms with van der Waals surface area (Å²) < 4.78 is 6.99. The van der Waals surface area contributed by atoms with Crippen LogP contribution in [0.5, 0.6) is 5.75 Å². The fourth-order valence-corrected chi connectivity index (χ4v) is 2.79. The fourth-order valence-electron chi connectivity index (χ4n) is 2.25. The highest BCUT2D eigenvalue weighted by atomic mass is 127. The number of halogens is 1. The predicted octanol–water partition coefficient (Wildman–Crippen LogP) is 2.35. The third kappa shape index (κ3) is 4.40. The van der Waals surface area contributed by atoms with Crippen LogP contribution in [0.1, 0.15) is 13.3 Å². The first-order valence-electron chi connectivity index (χ1n) is 6.59. The molecule has 1 aliphatic heterocycles. The van der Waals surface area contributed by atoms with Crippen molar-refractivity contribution in [1.29, 1.82) is 0 Å². The van der Waals surface area contributed by atoms with Crippen LogP contribution in [0.3, 0.4) is 0 Å². The molecule has 0 amide bonds. The number of benzene rings is 1. The van der Waals surface area contributed by atoms with E-state index >= 15 is 0 Å². The van der Waals surface area contributed by atoms with Gasteiger partial charge in [0.2, 0.25) is 0 Å². The second-order valence-corrected chi connectivity index (χ2v) is 5.95. The first-order valence-corrected chi connectivity index (χ1v) is 7.66.